The van der Waals surface area contributed by atoms with E-state index in [0.717, 1.165) is 30.6 Å². The number of nitrogens with one attached hydrogen (secondary N) is 1. The van der Waals surface area contributed by atoms with Crippen molar-refractivity contribution < 1.29 is 9.53 Å². The van der Waals surface area contributed by atoms with Crippen molar-refractivity contribution in [2.75, 3.05) is 6.61 Å². The van der Waals surface area contributed by atoms with E-state index in [4.69, 9.17) is 4.74 Å². The van der Waals surface area contributed by atoms with Crippen LogP contribution in [0.4, 0.5) is 0 Å². The van der Waals surface area contributed by atoms with E-state index in [9.17, 15) is 4.79 Å². The van der Waals surface area contributed by atoms with Crippen LogP contribution in [0.5, 0.6) is 5.75 Å². The Morgan fingerprint density at radius 2 is 1.80 bits per heavy atom. The summed E-state index contributed by atoms with van der Waals surface area (Å²) < 4.78 is 5.72. The first-order valence-corrected chi connectivity index (χ1v) is 9.26. The van der Waals surface area contributed by atoms with Gasteiger partial charge < -0.3 is 10.1 Å². The number of carbonyl (C=O) groups is 1. The zero-order chi connectivity index (χ0) is 17.6. The van der Waals surface area contributed by atoms with E-state index in [1.165, 1.54) is 29.5 Å². The van der Waals surface area contributed by atoms with Crippen LogP contribution in [0, 0.1) is 6.92 Å². The predicted octanol–water partition coefficient (Wildman–Crippen LogP) is 4.52. The molecule has 1 atom stereocenters. The lowest BCUT2D eigenvalue weighted by Gasteiger charge is -2.19. The van der Waals surface area contributed by atoms with Crippen LogP contribution < -0.4 is 10.1 Å². The van der Waals surface area contributed by atoms with Crippen LogP contribution in [0.15, 0.2) is 42.5 Å². The van der Waals surface area contributed by atoms with Gasteiger partial charge in [-0.05, 0) is 67.9 Å². The van der Waals surface area contributed by atoms with Gasteiger partial charge in [0.15, 0.2) is 6.61 Å². The highest BCUT2D eigenvalue weighted by atomic mass is 16.5. The lowest BCUT2D eigenvalue weighted by atomic mass is 9.92. The Hall–Kier alpha value is -2.29. The molecule has 0 spiro atoms. The van der Waals surface area contributed by atoms with Gasteiger partial charge in [-0.25, -0.2) is 0 Å². The molecule has 0 aliphatic heterocycles. The molecule has 0 radical (unpaired) electrons. The van der Waals surface area contributed by atoms with Crippen LogP contribution in [0.3, 0.4) is 0 Å². The summed E-state index contributed by atoms with van der Waals surface area (Å²) in [7, 11) is 0. The van der Waals surface area contributed by atoms with E-state index in [0.29, 0.717) is 0 Å². The van der Waals surface area contributed by atoms with Crippen molar-refractivity contribution >= 4 is 5.91 Å². The van der Waals surface area contributed by atoms with Gasteiger partial charge in [-0.2, -0.15) is 0 Å². The third-order valence-corrected chi connectivity index (χ3v) is 4.91. The Morgan fingerprint density at radius 3 is 2.52 bits per heavy atom. The molecule has 1 aliphatic rings. The van der Waals surface area contributed by atoms with Crippen LogP contribution >= 0.6 is 0 Å². The molecule has 0 saturated carbocycles. The highest BCUT2D eigenvalue weighted by Gasteiger charge is 2.14. The molecule has 2 aromatic carbocycles. The van der Waals surface area contributed by atoms with Gasteiger partial charge in [-0.15, -0.1) is 0 Å². The van der Waals surface area contributed by atoms with Crippen molar-refractivity contribution in [3.63, 3.8) is 0 Å². The molecule has 0 saturated heterocycles. The number of aryl methyl sites for hydroxylation is 3. The van der Waals surface area contributed by atoms with Gasteiger partial charge in [0, 0.05) is 0 Å². The highest BCUT2D eigenvalue weighted by molar-refractivity contribution is 5.78. The average molecular weight is 337 g/mol. The Kier molecular flexibility index (Phi) is 5.75. The molecule has 3 heteroatoms. The maximum atomic E-state index is 12.3. The monoisotopic (exact) mass is 337 g/mol. The third kappa shape index (κ3) is 4.62. The van der Waals surface area contributed by atoms with Gasteiger partial charge in [0.2, 0.25) is 0 Å². The lowest BCUT2D eigenvalue weighted by Crippen LogP contribution is -2.32. The molecule has 132 valence electrons. The molecular formula is C22H27NO2. The molecule has 0 heterocycles. The lowest BCUT2D eigenvalue weighted by molar-refractivity contribution is -0.123. The van der Waals surface area contributed by atoms with Gasteiger partial charge in [0.1, 0.15) is 5.75 Å². The largest absolute Gasteiger partial charge is 0.484 e. The summed E-state index contributed by atoms with van der Waals surface area (Å²) in [5.74, 6) is 0.712. The Balaban J connectivity index is 1.56. The minimum absolute atomic E-state index is 0.0280. The van der Waals surface area contributed by atoms with Crippen LogP contribution in [0.2, 0.25) is 0 Å². The molecular weight excluding hydrogens is 310 g/mol. The van der Waals surface area contributed by atoms with Crippen molar-refractivity contribution in [3.8, 4) is 5.75 Å². The second-order valence-corrected chi connectivity index (χ2v) is 6.87. The van der Waals surface area contributed by atoms with Crippen molar-refractivity contribution in [1.29, 1.82) is 0 Å². The average Bonchev–Trinajstić information content (AvgIpc) is 2.65. The van der Waals surface area contributed by atoms with E-state index < -0.39 is 0 Å². The molecule has 0 aromatic heterocycles. The van der Waals surface area contributed by atoms with Gasteiger partial charge in [0.25, 0.3) is 5.91 Å². The third-order valence-electron chi connectivity index (χ3n) is 4.91. The first-order valence-electron chi connectivity index (χ1n) is 9.26. The van der Waals surface area contributed by atoms with E-state index in [2.05, 4.69) is 55.6 Å². The molecule has 1 aliphatic carbocycles. The Morgan fingerprint density at radius 1 is 1.08 bits per heavy atom. The summed E-state index contributed by atoms with van der Waals surface area (Å²) >= 11 is 0. The molecule has 1 amide bonds. The van der Waals surface area contributed by atoms with E-state index in [-0.39, 0.29) is 18.6 Å². The molecule has 1 N–H and O–H groups in total. The molecule has 25 heavy (non-hydrogen) atoms. The fraction of sp³-hybridized carbons (Fsp3) is 0.409. The quantitative estimate of drug-likeness (QED) is 0.841. The summed E-state index contributed by atoms with van der Waals surface area (Å²) in [6.07, 6.45) is 5.64. The van der Waals surface area contributed by atoms with Gasteiger partial charge in [-0.1, -0.05) is 42.8 Å². The molecule has 2 aromatic rings. The number of ether oxygens (including phenoxy) is 1. The first kappa shape index (κ1) is 17.5. The summed E-state index contributed by atoms with van der Waals surface area (Å²) in [4.78, 5) is 12.3. The van der Waals surface area contributed by atoms with Crippen molar-refractivity contribution in [2.24, 2.45) is 0 Å². The summed E-state index contributed by atoms with van der Waals surface area (Å²) in [6, 6.07) is 14.6. The fourth-order valence-corrected chi connectivity index (χ4v) is 3.40. The van der Waals surface area contributed by atoms with Crippen LogP contribution in [-0.4, -0.2) is 12.5 Å². The Bertz CT molecular complexity index is 721. The second-order valence-electron chi connectivity index (χ2n) is 6.87. The van der Waals surface area contributed by atoms with Gasteiger partial charge in [-0.3, -0.25) is 4.79 Å². The van der Waals surface area contributed by atoms with Crippen LogP contribution in [0.1, 0.15) is 54.5 Å². The second kappa shape index (κ2) is 8.19. The number of amides is 1. The van der Waals surface area contributed by atoms with Crippen molar-refractivity contribution in [3.05, 3.63) is 64.7 Å². The molecule has 0 unspecified atom stereocenters. The van der Waals surface area contributed by atoms with Crippen LogP contribution in [-0.2, 0) is 17.6 Å². The summed E-state index contributed by atoms with van der Waals surface area (Å²) in [5.41, 5.74) is 5.15. The Labute approximate surface area is 150 Å². The smallest absolute Gasteiger partial charge is 0.258 e. The van der Waals surface area contributed by atoms with E-state index in [1.807, 2.05) is 6.07 Å². The van der Waals surface area contributed by atoms with Crippen molar-refractivity contribution in [2.45, 2.75) is 52.0 Å². The van der Waals surface area contributed by atoms with Crippen LogP contribution in [0.25, 0.3) is 0 Å². The normalized spacial score (nSPS) is 14.5. The number of hydrogen-bond donors (Lipinski definition) is 1. The SMILES string of the molecule is CC[C@H](NC(=O)COc1ccc2c(c1)CCCC2)c1ccc(C)cc1. The maximum absolute atomic E-state index is 12.3. The number of fused-ring (bicyclic) bond motifs is 1. The van der Waals surface area contributed by atoms with Crippen molar-refractivity contribution in [1.82, 2.24) is 5.32 Å². The number of rotatable bonds is 6. The molecule has 0 bridgehead atoms. The summed E-state index contributed by atoms with van der Waals surface area (Å²) in [5, 5.41) is 3.07. The standard InChI is InChI=1S/C22H27NO2/c1-3-21(18-10-8-16(2)9-11-18)23-22(24)15-25-20-13-12-17-6-4-5-7-19(17)14-20/h8-14,21H,3-7,15H2,1-2H3,(H,23,24)/t21-/m0/s1. The zero-order valence-electron chi connectivity index (χ0n) is 15.2. The first-order chi connectivity index (χ1) is 12.2. The zero-order valence-corrected chi connectivity index (χ0v) is 15.2. The van der Waals surface area contributed by atoms with Gasteiger partial charge >= 0.3 is 0 Å². The highest BCUT2D eigenvalue weighted by Crippen LogP contribution is 2.25. The predicted molar refractivity (Wildman–Crippen MR) is 101 cm³/mol. The maximum Gasteiger partial charge on any atom is 0.258 e. The fourth-order valence-electron chi connectivity index (χ4n) is 3.40. The topological polar surface area (TPSA) is 38.3 Å². The summed E-state index contributed by atoms with van der Waals surface area (Å²) in [6.45, 7) is 4.20. The number of hydrogen-bond acceptors (Lipinski definition) is 2. The molecule has 3 rings (SSSR count). The van der Waals surface area contributed by atoms with E-state index >= 15 is 0 Å². The van der Waals surface area contributed by atoms with E-state index in [1.54, 1.807) is 0 Å². The number of carbonyl (C=O) groups excluding carboxylic acids is 1. The molecule has 0 fully saturated rings. The number of benzene rings is 2. The molecule has 3 nitrogen and oxygen atoms in total. The minimum Gasteiger partial charge on any atom is -0.484 e. The minimum atomic E-state index is -0.0786. The van der Waals surface area contributed by atoms with Gasteiger partial charge in [0.05, 0.1) is 6.04 Å².